The van der Waals surface area contributed by atoms with Gasteiger partial charge in [-0.2, -0.15) is 0 Å². The molecule has 0 aliphatic heterocycles. The van der Waals surface area contributed by atoms with Gasteiger partial charge in [-0.05, 0) is 56.2 Å². The molecule has 0 heterocycles. The summed E-state index contributed by atoms with van der Waals surface area (Å²) < 4.78 is 5.09. The number of amides is 2. The molecule has 0 spiro atoms. The summed E-state index contributed by atoms with van der Waals surface area (Å²) in [6, 6.07) is 11.0. The first kappa shape index (κ1) is 19.5. The smallest absolute Gasteiger partial charge is 0.251 e. The van der Waals surface area contributed by atoms with Crippen molar-refractivity contribution in [3.05, 3.63) is 58.7 Å². The van der Waals surface area contributed by atoms with E-state index in [1.165, 1.54) is 5.56 Å². The summed E-state index contributed by atoms with van der Waals surface area (Å²) in [6.07, 6.45) is 0. The predicted molar refractivity (Wildman–Crippen MR) is 104 cm³/mol. The number of nitrogens with one attached hydrogen (secondary N) is 1. The van der Waals surface area contributed by atoms with Crippen LogP contribution in [-0.4, -0.2) is 32.0 Å². The molecule has 0 bridgehead atoms. The van der Waals surface area contributed by atoms with E-state index < -0.39 is 0 Å². The topological polar surface area (TPSA) is 58.6 Å². The lowest BCUT2D eigenvalue weighted by Gasteiger charge is -2.25. The highest BCUT2D eigenvalue weighted by molar-refractivity contribution is 5.95. The van der Waals surface area contributed by atoms with E-state index in [4.69, 9.17) is 4.74 Å². The molecule has 0 unspecified atom stereocenters. The molecular formula is C21H26N2O3. The average molecular weight is 354 g/mol. The van der Waals surface area contributed by atoms with Gasteiger partial charge in [0.25, 0.3) is 5.91 Å². The van der Waals surface area contributed by atoms with Gasteiger partial charge in [-0.3, -0.25) is 9.59 Å². The first-order valence-corrected chi connectivity index (χ1v) is 8.61. The van der Waals surface area contributed by atoms with Crippen molar-refractivity contribution in [2.75, 3.05) is 25.1 Å². The van der Waals surface area contributed by atoms with E-state index in [2.05, 4.69) is 17.4 Å². The quantitative estimate of drug-likeness (QED) is 0.865. The summed E-state index contributed by atoms with van der Waals surface area (Å²) in [4.78, 5) is 26.1. The summed E-state index contributed by atoms with van der Waals surface area (Å²) in [5, 5.41) is 2.87. The molecule has 2 amide bonds. The average Bonchev–Trinajstić information content (AvgIpc) is 2.59. The third-order valence-electron chi connectivity index (χ3n) is 4.26. The lowest BCUT2D eigenvalue weighted by molar-refractivity contribution is -0.116. The van der Waals surface area contributed by atoms with Gasteiger partial charge >= 0.3 is 0 Å². The molecule has 2 aromatic rings. The SMILES string of the molecule is COc1ccc(C(=O)NCCN(C(C)=O)c2c(C)cc(C)cc2C)cc1. The molecule has 0 saturated heterocycles. The van der Waals surface area contributed by atoms with Crippen LogP contribution in [-0.2, 0) is 4.79 Å². The highest BCUT2D eigenvalue weighted by Gasteiger charge is 2.17. The molecule has 138 valence electrons. The minimum Gasteiger partial charge on any atom is -0.497 e. The number of benzene rings is 2. The van der Waals surface area contributed by atoms with Crippen LogP contribution < -0.4 is 15.0 Å². The van der Waals surface area contributed by atoms with Gasteiger partial charge in [0.05, 0.1) is 7.11 Å². The van der Waals surface area contributed by atoms with Crippen LogP contribution in [0.15, 0.2) is 36.4 Å². The van der Waals surface area contributed by atoms with E-state index in [-0.39, 0.29) is 11.8 Å². The van der Waals surface area contributed by atoms with Gasteiger partial charge in [0.15, 0.2) is 0 Å². The van der Waals surface area contributed by atoms with E-state index >= 15 is 0 Å². The zero-order valence-corrected chi connectivity index (χ0v) is 16.1. The van der Waals surface area contributed by atoms with Crippen molar-refractivity contribution in [2.24, 2.45) is 0 Å². The molecule has 0 aliphatic carbocycles. The molecule has 0 aromatic heterocycles. The van der Waals surface area contributed by atoms with Crippen molar-refractivity contribution in [3.8, 4) is 5.75 Å². The number of hydrogen-bond donors (Lipinski definition) is 1. The number of nitrogens with zero attached hydrogens (tertiary/aromatic N) is 1. The van der Waals surface area contributed by atoms with Crippen LogP contribution in [0.25, 0.3) is 0 Å². The Kier molecular flexibility index (Phi) is 6.39. The lowest BCUT2D eigenvalue weighted by Crippen LogP contribution is -2.38. The summed E-state index contributed by atoms with van der Waals surface area (Å²) in [7, 11) is 1.58. The van der Waals surface area contributed by atoms with Gasteiger partial charge in [0.2, 0.25) is 5.91 Å². The van der Waals surface area contributed by atoms with Crippen molar-refractivity contribution in [3.63, 3.8) is 0 Å². The zero-order chi connectivity index (χ0) is 19.3. The van der Waals surface area contributed by atoms with Gasteiger partial charge in [-0.15, -0.1) is 0 Å². The molecule has 2 aromatic carbocycles. The van der Waals surface area contributed by atoms with Crippen LogP contribution in [0.5, 0.6) is 5.75 Å². The van der Waals surface area contributed by atoms with Crippen molar-refractivity contribution in [1.29, 1.82) is 0 Å². The summed E-state index contributed by atoms with van der Waals surface area (Å²) in [5.41, 5.74) is 4.75. The van der Waals surface area contributed by atoms with E-state index in [1.807, 2.05) is 20.8 Å². The second kappa shape index (κ2) is 8.52. The predicted octanol–water partition coefficient (Wildman–Crippen LogP) is 3.40. The fourth-order valence-electron chi connectivity index (χ4n) is 3.15. The third-order valence-corrected chi connectivity index (χ3v) is 4.26. The number of carbonyl (C=O) groups is 2. The summed E-state index contributed by atoms with van der Waals surface area (Å²) in [6.45, 7) is 8.38. The lowest BCUT2D eigenvalue weighted by atomic mass is 10.0. The first-order valence-electron chi connectivity index (χ1n) is 8.61. The van der Waals surface area contributed by atoms with Crippen molar-refractivity contribution in [1.82, 2.24) is 5.32 Å². The third kappa shape index (κ3) is 4.63. The normalized spacial score (nSPS) is 10.3. The number of ether oxygens (including phenoxy) is 1. The molecule has 26 heavy (non-hydrogen) atoms. The van der Waals surface area contributed by atoms with E-state index in [1.54, 1.807) is 43.2 Å². The Hall–Kier alpha value is -2.82. The monoisotopic (exact) mass is 354 g/mol. The Morgan fingerprint density at radius 1 is 1.04 bits per heavy atom. The molecule has 0 saturated carbocycles. The molecule has 0 atom stereocenters. The number of carbonyl (C=O) groups excluding carboxylic acids is 2. The number of anilines is 1. The number of aryl methyl sites for hydroxylation is 3. The second-order valence-electron chi connectivity index (χ2n) is 6.40. The van der Waals surface area contributed by atoms with E-state index in [9.17, 15) is 9.59 Å². The number of methoxy groups -OCH3 is 1. The minimum atomic E-state index is -0.173. The minimum absolute atomic E-state index is 0.0428. The molecule has 0 radical (unpaired) electrons. The van der Waals surface area contributed by atoms with E-state index in [0.717, 1.165) is 16.8 Å². The summed E-state index contributed by atoms with van der Waals surface area (Å²) in [5.74, 6) is 0.488. The van der Waals surface area contributed by atoms with Crippen LogP contribution in [0.2, 0.25) is 0 Å². The molecular weight excluding hydrogens is 328 g/mol. The maximum absolute atomic E-state index is 12.3. The van der Waals surface area contributed by atoms with Gasteiger partial charge < -0.3 is 15.0 Å². The highest BCUT2D eigenvalue weighted by Crippen LogP contribution is 2.26. The second-order valence-corrected chi connectivity index (χ2v) is 6.40. The van der Waals surface area contributed by atoms with Crippen molar-refractivity contribution >= 4 is 17.5 Å². The summed E-state index contributed by atoms with van der Waals surface area (Å²) >= 11 is 0. The van der Waals surface area contributed by atoms with E-state index in [0.29, 0.717) is 24.4 Å². The Bertz CT molecular complexity index is 774. The van der Waals surface area contributed by atoms with Crippen LogP contribution in [0.4, 0.5) is 5.69 Å². The van der Waals surface area contributed by atoms with Crippen molar-refractivity contribution in [2.45, 2.75) is 27.7 Å². The number of rotatable bonds is 6. The maximum atomic E-state index is 12.3. The molecule has 5 heteroatoms. The molecule has 0 fully saturated rings. The van der Waals surface area contributed by atoms with Crippen molar-refractivity contribution < 1.29 is 14.3 Å². The maximum Gasteiger partial charge on any atom is 0.251 e. The largest absolute Gasteiger partial charge is 0.497 e. The Balaban J connectivity index is 2.05. The number of hydrogen-bond acceptors (Lipinski definition) is 3. The Labute approximate surface area is 155 Å². The van der Waals surface area contributed by atoms with Crippen LogP contribution >= 0.6 is 0 Å². The Morgan fingerprint density at radius 3 is 2.12 bits per heavy atom. The van der Waals surface area contributed by atoms with Gasteiger partial charge in [0, 0.05) is 31.3 Å². The first-order chi connectivity index (χ1) is 12.3. The zero-order valence-electron chi connectivity index (χ0n) is 16.1. The van der Waals surface area contributed by atoms with Crippen LogP contribution in [0, 0.1) is 20.8 Å². The molecule has 0 aliphatic rings. The fourth-order valence-corrected chi connectivity index (χ4v) is 3.15. The van der Waals surface area contributed by atoms with Gasteiger partial charge in [-0.1, -0.05) is 17.7 Å². The van der Waals surface area contributed by atoms with Gasteiger partial charge in [0.1, 0.15) is 5.75 Å². The molecule has 5 nitrogen and oxygen atoms in total. The fraction of sp³-hybridized carbons (Fsp3) is 0.333. The van der Waals surface area contributed by atoms with Crippen LogP contribution in [0.1, 0.15) is 34.0 Å². The Morgan fingerprint density at radius 2 is 1.62 bits per heavy atom. The van der Waals surface area contributed by atoms with Crippen LogP contribution in [0.3, 0.4) is 0 Å². The molecule has 2 rings (SSSR count). The highest BCUT2D eigenvalue weighted by atomic mass is 16.5. The van der Waals surface area contributed by atoms with Gasteiger partial charge in [-0.25, -0.2) is 0 Å². The molecule has 1 N–H and O–H groups in total. The standard InChI is InChI=1S/C21H26N2O3/c1-14-12-15(2)20(16(3)13-14)23(17(4)24)11-10-22-21(25)18-6-8-19(26-5)9-7-18/h6-9,12-13H,10-11H2,1-5H3,(H,22,25).